The first kappa shape index (κ1) is 10.6. The molecule has 0 fully saturated rings. The van der Waals surface area contributed by atoms with Crippen LogP contribution in [0.4, 0.5) is 5.82 Å². The van der Waals surface area contributed by atoms with Crippen LogP contribution in [0.5, 0.6) is 0 Å². The van der Waals surface area contributed by atoms with Gasteiger partial charge in [-0.15, -0.1) is 11.3 Å². The second kappa shape index (κ2) is 4.30. The van der Waals surface area contributed by atoms with E-state index in [1.165, 1.54) is 11.3 Å². The molecule has 0 radical (unpaired) electrons. The first-order chi connectivity index (χ1) is 7.16. The van der Waals surface area contributed by atoms with Crippen molar-refractivity contribution in [2.24, 2.45) is 0 Å². The molecule has 0 spiro atoms. The van der Waals surface area contributed by atoms with Gasteiger partial charge in [0.15, 0.2) is 0 Å². The molecule has 0 bridgehead atoms. The minimum Gasteiger partial charge on any atom is -0.392 e. The van der Waals surface area contributed by atoms with Crippen LogP contribution in [-0.2, 0) is 0 Å². The number of nitrogens with zero attached hydrogens (tertiary/aromatic N) is 2. The summed E-state index contributed by atoms with van der Waals surface area (Å²) in [6.45, 7) is 2.15. The lowest BCUT2D eigenvalue weighted by molar-refractivity contribution is 0.208. The lowest BCUT2D eigenvalue weighted by atomic mass is 10.3. The van der Waals surface area contributed by atoms with Gasteiger partial charge in [0.1, 0.15) is 10.6 Å². The van der Waals surface area contributed by atoms with Gasteiger partial charge in [0.2, 0.25) is 5.28 Å². The zero-order valence-electron chi connectivity index (χ0n) is 8.07. The Morgan fingerprint density at radius 3 is 3.13 bits per heavy atom. The van der Waals surface area contributed by atoms with E-state index >= 15 is 0 Å². The van der Waals surface area contributed by atoms with Crippen molar-refractivity contribution >= 4 is 39.0 Å². The first-order valence-electron chi connectivity index (χ1n) is 4.49. The zero-order chi connectivity index (χ0) is 10.8. The number of halogens is 1. The molecule has 1 atom stereocenters. The number of fused-ring (bicyclic) bond motifs is 1. The van der Waals surface area contributed by atoms with Crippen molar-refractivity contribution in [2.75, 3.05) is 11.9 Å². The molecule has 6 heteroatoms. The molecule has 0 saturated carbocycles. The molecule has 2 aromatic rings. The van der Waals surface area contributed by atoms with Crippen LogP contribution < -0.4 is 5.32 Å². The van der Waals surface area contributed by atoms with Crippen molar-refractivity contribution in [1.29, 1.82) is 0 Å². The average molecular weight is 244 g/mol. The Hall–Kier alpha value is -0.910. The van der Waals surface area contributed by atoms with Crippen molar-refractivity contribution in [1.82, 2.24) is 9.97 Å². The van der Waals surface area contributed by atoms with Crippen LogP contribution in [0.2, 0.25) is 5.28 Å². The maximum atomic E-state index is 9.17. The largest absolute Gasteiger partial charge is 0.392 e. The van der Waals surface area contributed by atoms with E-state index in [0.29, 0.717) is 12.4 Å². The third-order valence-corrected chi connectivity index (χ3v) is 2.84. The molecule has 0 aliphatic carbocycles. The van der Waals surface area contributed by atoms with Crippen LogP contribution in [0, 0.1) is 0 Å². The SMILES string of the molecule is CC(O)CNc1nc(Cl)nc2sccc12. The Labute approximate surface area is 95.9 Å². The summed E-state index contributed by atoms with van der Waals surface area (Å²) in [5.74, 6) is 0.673. The quantitative estimate of drug-likeness (QED) is 0.811. The van der Waals surface area contributed by atoms with Crippen LogP contribution in [0.15, 0.2) is 11.4 Å². The van der Waals surface area contributed by atoms with Crippen molar-refractivity contribution in [3.8, 4) is 0 Å². The molecule has 0 aliphatic heterocycles. The normalized spacial score (nSPS) is 13.0. The van der Waals surface area contributed by atoms with Crippen molar-refractivity contribution in [3.63, 3.8) is 0 Å². The number of nitrogens with one attached hydrogen (secondary N) is 1. The number of aliphatic hydroxyl groups is 1. The van der Waals surface area contributed by atoms with Crippen LogP contribution in [0.3, 0.4) is 0 Å². The van der Waals surface area contributed by atoms with Gasteiger partial charge in [-0.05, 0) is 30.0 Å². The maximum Gasteiger partial charge on any atom is 0.225 e. The highest BCUT2D eigenvalue weighted by Gasteiger charge is 2.07. The highest BCUT2D eigenvalue weighted by Crippen LogP contribution is 2.26. The summed E-state index contributed by atoms with van der Waals surface area (Å²) in [5.41, 5.74) is 0. The Balaban J connectivity index is 2.35. The van der Waals surface area contributed by atoms with Gasteiger partial charge in [0.05, 0.1) is 11.5 Å². The number of anilines is 1. The molecule has 2 heterocycles. The molecule has 0 saturated heterocycles. The number of rotatable bonds is 3. The predicted molar refractivity (Wildman–Crippen MR) is 62.6 cm³/mol. The summed E-state index contributed by atoms with van der Waals surface area (Å²) >= 11 is 7.29. The number of thiophene rings is 1. The average Bonchev–Trinajstić information content (AvgIpc) is 2.61. The van der Waals surface area contributed by atoms with Crippen molar-refractivity contribution in [3.05, 3.63) is 16.7 Å². The fraction of sp³-hybridized carbons (Fsp3) is 0.333. The van der Waals surface area contributed by atoms with Gasteiger partial charge < -0.3 is 10.4 Å². The fourth-order valence-electron chi connectivity index (χ4n) is 1.21. The van der Waals surface area contributed by atoms with E-state index in [1.54, 1.807) is 6.92 Å². The lowest BCUT2D eigenvalue weighted by Crippen LogP contribution is -2.16. The van der Waals surface area contributed by atoms with E-state index in [0.717, 1.165) is 10.2 Å². The van der Waals surface area contributed by atoms with Gasteiger partial charge >= 0.3 is 0 Å². The summed E-state index contributed by atoms with van der Waals surface area (Å²) < 4.78 is 0. The molecule has 0 aromatic carbocycles. The molecule has 2 N–H and O–H groups in total. The van der Waals surface area contributed by atoms with Gasteiger partial charge in [-0.3, -0.25) is 0 Å². The van der Waals surface area contributed by atoms with Crippen LogP contribution in [0.25, 0.3) is 10.2 Å². The maximum absolute atomic E-state index is 9.17. The Morgan fingerprint density at radius 1 is 1.60 bits per heavy atom. The molecule has 0 amide bonds. The molecular formula is C9H10ClN3OS. The van der Waals surface area contributed by atoms with Crippen molar-refractivity contribution < 1.29 is 5.11 Å². The molecule has 0 aliphatic rings. The van der Waals surface area contributed by atoms with Gasteiger partial charge in [-0.25, -0.2) is 9.97 Å². The highest BCUT2D eigenvalue weighted by molar-refractivity contribution is 7.16. The molecule has 2 aromatic heterocycles. The van der Waals surface area contributed by atoms with E-state index < -0.39 is 6.10 Å². The fourth-order valence-corrected chi connectivity index (χ4v) is 2.19. The Kier molecular flexibility index (Phi) is 3.04. The number of hydrogen-bond donors (Lipinski definition) is 2. The van der Waals surface area contributed by atoms with Gasteiger partial charge in [0.25, 0.3) is 0 Å². The molecular weight excluding hydrogens is 234 g/mol. The molecule has 1 unspecified atom stereocenters. The lowest BCUT2D eigenvalue weighted by Gasteiger charge is -2.08. The summed E-state index contributed by atoms with van der Waals surface area (Å²) in [5, 5.41) is 15.3. The molecule has 4 nitrogen and oxygen atoms in total. The second-order valence-corrected chi connectivity index (χ2v) is 4.44. The van der Waals surface area contributed by atoms with Crippen LogP contribution in [-0.4, -0.2) is 27.7 Å². The summed E-state index contributed by atoms with van der Waals surface area (Å²) in [6.07, 6.45) is -0.424. The predicted octanol–water partition coefficient (Wildman–Crippen LogP) is 2.14. The monoisotopic (exact) mass is 243 g/mol. The van der Waals surface area contributed by atoms with E-state index in [9.17, 15) is 0 Å². The summed E-state index contributed by atoms with van der Waals surface area (Å²) in [7, 11) is 0. The standard InChI is InChI=1S/C9H10ClN3OS/c1-5(14)4-11-7-6-2-3-15-8(6)13-9(10)12-7/h2-3,5,14H,4H2,1H3,(H,11,12,13). The number of hydrogen-bond acceptors (Lipinski definition) is 5. The topological polar surface area (TPSA) is 58.0 Å². The highest BCUT2D eigenvalue weighted by atomic mass is 35.5. The second-order valence-electron chi connectivity index (χ2n) is 3.21. The number of aliphatic hydroxyl groups excluding tert-OH is 1. The van der Waals surface area contributed by atoms with E-state index in [4.69, 9.17) is 16.7 Å². The molecule has 80 valence electrons. The third kappa shape index (κ3) is 2.37. The van der Waals surface area contributed by atoms with E-state index in [-0.39, 0.29) is 5.28 Å². The third-order valence-electron chi connectivity index (χ3n) is 1.86. The van der Waals surface area contributed by atoms with E-state index in [1.807, 2.05) is 11.4 Å². The number of aromatic nitrogens is 2. The van der Waals surface area contributed by atoms with Crippen LogP contribution >= 0.6 is 22.9 Å². The summed E-state index contributed by atoms with van der Waals surface area (Å²) in [4.78, 5) is 9.03. The van der Waals surface area contributed by atoms with Gasteiger partial charge in [-0.1, -0.05) is 0 Å². The molecule has 15 heavy (non-hydrogen) atoms. The molecule has 2 rings (SSSR count). The van der Waals surface area contributed by atoms with Crippen LogP contribution in [0.1, 0.15) is 6.92 Å². The Bertz CT molecular complexity index is 471. The van der Waals surface area contributed by atoms with E-state index in [2.05, 4.69) is 15.3 Å². The first-order valence-corrected chi connectivity index (χ1v) is 5.75. The minimum absolute atomic E-state index is 0.220. The Morgan fingerprint density at radius 2 is 2.40 bits per heavy atom. The van der Waals surface area contributed by atoms with Crippen molar-refractivity contribution in [2.45, 2.75) is 13.0 Å². The van der Waals surface area contributed by atoms with Gasteiger partial charge in [0, 0.05) is 6.54 Å². The van der Waals surface area contributed by atoms with Gasteiger partial charge in [-0.2, -0.15) is 0 Å². The zero-order valence-corrected chi connectivity index (χ0v) is 9.64. The smallest absolute Gasteiger partial charge is 0.225 e. The minimum atomic E-state index is -0.424. The summed E-state index contributed by atoms with van der Waals surface area (Å²) in [6, 6.07) is 1.93.